The van der Waals surface area contributed by atoms with E-state index in [-0.39, 0.29) is 6.10 Å². The van der Waals surface area contributed by atoms with Crippen LogP contribution in [0.2, 0.25) is 5.02 Å². The highest BCUT2D eigenvalue weighted by Gasteiger charge is 2.30. The maximum absolute atomic E-state index is 9.80. The number of hydrogen-bond donors (Lipinski definition) is 2. The Morgan fingerprint density at radius 3 is 3.00 bits per heavy atom. The van der Waals surface area contributed by atoms with E-state index < -0.39 is 0 Å². The monoisotopic (exact) mass is 211 g/mol. The summed E-state index contributed by atoms with van der Waals surface area (Å²) in [6.45, 7) is 0.641. The Labute approximate surface area is 88.7 Å². The van der Waals surface area contributed by atoms with E-state index in [2.05, 4.69) is 0 Å². The molecule has 0 aliphatic heterocycles. The molecule has 2 nitrogen and oxygen atoms in total. The van der Waals surface area contributed by atoms with Crippen LogP contribution in [0, 0.1) is 0 Å². The second-order valence-corrected chi connectivity index (χ2v) is 4.18. The van der Waals surface area contributed by atoms with Gasteiger partial charge in [-0.15, -0.1) is 0 Å². The lowest BCUT2D eigenvalue weighted by Gasteiger charge is -2.10. The first-order chi connectivity index (χ1) is 6.74. The molecule has 0 amide bonds. The molecule has 3 heteroatoms. The highest BCUT2D eigenvalue weighted by Crippen LogP contribution is 2.44. The standard InChI is InChI=1S/C11H14ClNO/c12-9-3-1-2-8-10(14)6-7(4-5-13)11(8)9/h1-3,7,10,14H,4-6,13H2. The fraction of sp³-hybridized carbons (Fsp3) is 0.455. The zero-order valence-corrected chi connectivity index (χ0v) is 8.67. The third-order valence-electron chi connectivity index (χ3n) is 2.88. The molecule has 2 atom stereocenters. The molecular formula is C11H14ClNO. The maximum Gasteiger partial charge on any atom is 0.0799 e. The average molecular weight is 212 g/mol. The molecule has 1 aliphatic carbocycles. The van der Waals surface area contributed by atoms with E-state index in [4.69, 9.17) is 17.3 Å². The third-order valence-corrected chi connectivity index (χ3v) is 3.21. The van der Waals surface area contributed by atoms with E-state index in [9.17, 15) is 5.11 Å². The van der Waals surface area contributed by atoms with Crippen LogP contribution in [0.15, 0.2) is 18.2 Å². The zero-order chi connectivity index (χ0) is 10.1. The summed E-state index contributed by atoms with van der Waals surface area (Å²) in [6, 6.07) is 5.71. The van der Waals surface area contributed by atoms with Gasteiger partial charge in [-0.25, -0.2) is 0 Å². The minimum atomic E-state index is -0.361. The molecule has 2 unspecified atom stereocenters. The van der Waals surface area contributed by atoms with Crippen LogP contribution in [-0.2, 0) is 0 Å². The molecule has 0 saturated carbocycles. The summed E-state index contributed by atoms with van der Waals surface area (Å²) >= 11 is 6.11. The molecule has 0 bridgehead atoms. The summed E-state index contributed by atoms with van der Waals surface area (Å²) in [7, 11) is 0. The van der Waals surface area contributed by atoms with Crippen LogP contribution < -0.4 is 5.73 Å². The Kier molecular flexibility index (Phi) is 2.77. The fourth-order valence-corrected chi connectivity index (χ4v) is 2.59. The van der Waals surface area contributed by atoms with Crippen molar-refractivity contribution in [3.63, 3.8) is 0 Å². The molecule has 1 aromatic rings. The molecule has 2 rings (SSSR count). The molecule has 0 heterocycles. The van der Waals surface area contributed by atoms with Crippen LogP contribution in [0.3, 0.4) is 0 Å². The van der Waals surface area contributed by atoms with Gasteiger partial charge in [-0.1, -0.05) is 23.7 Å². The van der Waals surface area contributed by atoms with Crippen LogP contribution >= 0.6 is 11.6 Å². The Hall–Kier alpha value is -0.570. The largest absolute Gasteiger partial charge is 0.388 e. The smallest absolute Gasteiger partial charge is 0.0799 e. The second-order valence-electron chi connectivity index (χ2n) is 3.77. The molecule has 0 radical (unpaired) electrons. The van der Waals surface area contributed by atoms with Crippen molar-refractivity contribution in [1.82, 2.24) is 0 Å². The summed E-state index contributed by atoms with van der Waals surface area (Å²) in [6.07, 6.45) is 1.30. The first-order valence-corrected chi connectivity index (χ1v) is 5.28. The topological polar surface area (TPSA) is 46.2 Å². The van der Waals surface area contributed by atoms with E-state index in [0.29, 0.717) is 12.5 Å². The van der Waals surface area contributed by atoms with Crippen LogP contribution in [-0.4, -0.2) is 11.7 Å². The Bertz CT molecular complexity index is 340. The van der Waals surface area contributed by atoms with Crippen molar-refractivity contribution in [2.75, 3.05) is 6.54 Å². The third kappa shape index (κ3) is 1.54. The summed E-state index contributed by atoms with van der Waals surface area (Å²) < 4.78 is 0. The zero-order valence-electron chi connectivity index (χ0n) is 7.91. The van der Waals surface area contributed by atoms with Gasteiger partial charge in [-0.3, -0.25) is 0 Å². The van der Waals surface area contributed by atoms with Gasteiger partial charge in [-0.05, 0) is 42.5 Å². The lowest BCUT2D eigenvalue weighted by Crippen LogP contribution is -2.05. The lowest BCUT2D eigenvalue weighted by molar-refractivity contribution is 0.172. The van der Waals surface area contributed by atoms with Crippen molar-refractivity contribution in [2.24, 2.45) is 5.73 Å². The summed E-state index contributed by atoms with van der Waals surface area (Å²) in [5, 5.41) is 10.6. The molecule has 0 aromatic heterocycles. The number of hydrogen-bond acceptors (Lipinski definition) is 2. The predicted molar refractivity (Wildman–Crippen MR) is 57.4 cm³/mol. The Balaban J connectivity index is 2.40. The molecule has 1 aromatic carbocycles. The molecule has 0 spiro atoms. The molecular weight excluding hydrogens is 198 g/mol. The van der Waals surface area contributed by atoms with Gasteiger partial charge in [0.2, 0.25) is 0 Å². The van der Waals surface area contributed by atoms with Crippen molar-refractivity contribution in [3.05, 3.63) is 34.3 Å². The number of fused-ring (bicyclic) bond motifs is 1. The Morgan fingerprint density at radius 2 is 2.29 bits per heavy atom. The van der Waals surface area contributed by atoms with Gasteiger partial charge >= 0.3 is 0 Å². The number of halogens is 1. The van der Waals surface area contributed by atoms with Gasteiger partial charge in [0.1, 0.15) is 0 Å². The van der Waals surface area contributed by atoms with Gasteiger partial charge in [0, 0.05) is 5.02 Å². The minimum absolute atomic E-state index is 0.332. The second kappa shape index (κ2) is 3.89. The first-order valence-electron chi connectivity index (χ1n) is 4.90. The lowest BCUT2D eigenvalue weighted by atomic mass is 9.98. The van der Waals surface area contributed by atoms with Crippen LogP contribution in [0.25, 0.3) is 0 Å². The van der Waals surface area contributed by atoms with Crippen LogP contribution in [0.4, 0.5) is 0 Å². The Morgan fingerprint density at radius 1 is 1.50 bits per heavy atom. The highest BCUT2D eigenvalue weighted by molar-refractivity contribution is 6.31. The molecule has 0 fully saturated rings. The van der Waals surface area contributed by atoms with Crippen molar-refractivity contribution >= 4 is 11.6 Å². The summed E-state index contributed by atoms with van der Waals surface area (Å²) in [5.41, 5.74) is 7.62. The molecule has 1 aliphatic rings. The average Bonchev–Trinajstić information content (AvgIpc) is 2.46. The highest BCUT2D eigenvalue weighted by atomic mass is 35.5. The molecule has 3 N–H and O–H groups in total. The van der Waals surface area contributed by atoms with Gasteiger partial charge in [0.25, 0.3) is 0 Å². The summed E-state index contributed by atoms with van der Waals surface area (Å²) in [4.78, 5) is 0. The van der Waals surface area contributed by atoms with Crippen molar-refractivity contribution in [3.8, 4) is 0 Å². The summed E-state index contributed by atoms with van der Waals surface area (Å²) in [5.74, 6) is 0.332. The predicted octanol–water partition coefficient (Wildman–Crippen LogP) is 2.21. The van der Waals surface area contributed by atoms with Gasteiger partial charge in [-0.2, -0.15) is 0 Å². The fourth-order valence-electron chi connectivity index (χ4n) is 2.25. The van der Waals surface area contributed by atoms with E-state index in [1.165, 1.54) is 0 Å². The minimum Gasteiger partial charge on any atom is -0.388 e. The quantitative estimate of drug-likeness (QED) is 0.788. The van der Waals surface area contributed by atoms with E-state index in [0.717, 1.165) is 29.0 Å². The van der Waals surface area contributed by atoms with Gasteiger partial charge in [0.05, 0.1) is 6.10 Å². The normalized spacial score (nSPS) is 25.1. The van der Waals surface area contributed by atoms with Gasteiger partial charge < -0.3 is 10.8 Å². The van der Waals surface area contributed by atoms with Crippen LogP contribution in [0.5, 0.6) is 0 Å². The van der Waals surface area contributed by atoms with Gasteiger partial charge in [0.15, 0.2) is 0 Å². The number of benzene rings is 1. The molecule has 14 heavy (non-hydrogen) atoms. The first kappa shape index (κ1) is 9.97. The van der Waals surface area contributed by atoms with Crippen molar-refractivity contribution in [1.29, 1.82) is 0 Å². The molecule has 76 valence electrons. The van der Waals surface area contributed by atoms with E-state index in [1.54, 1.807) is 0 Å². The number of nitrogens with two attached hydrogens (primary N) is 1. The van der Waals surface area contributed by atoms with Crippen molar-refractivity contribution in [2.45, 2.75) is 24.9 Å². The van der Waals surface area contributed by atoms with E-state index in [1.807, 2.05) is 18.2 Å². The number of aliphatic hydroxyl groups is 1. The maximum atomic E-state index is 9.80. The molecule has 0 saturated heterocycles. The van der Waals surface area contributed by atoms with Crippen LogP contribution in [0.1, 0.15) is 36.0 Å². The number of aliphatic hydroxyl groups excluding tert-OH is 1. The SMILES string of the molecule is NCCC1CC(O)c2cccc(Cl)c21. The van der Waals surface area contributed by atoms with E-state index >= 15 is 0 Å². The number of rotatable bonds is 2. The van der Waals surface area contributed by atoms with Crippen molar-refractivity contribution < 1.29 is 5.11 Å².